The predicted octanol–water partition coefficient (Wildman–Crippen LogP) is 1.07. The molecule has 0 aromatic carbocycles. The summed E-state index contributed by atoms with van der Waals surface area (Å²) in [6.07, 6.45) is -1.28. The maximum atomic E-state index is 11.5. The molecule has 0 bridgehead atoms. The van der Waals surface area contributed by atoms with Gasteiger partial charge in [0.25, 0.3) is 0 Å². The molecule has 1 heterocycles. The number of rotatable bonds is 0. The fourth-order valence-corrected chi connectivity index (χ4v) is 0.408. The highest BCUT2D eigenvalue weighted by atomic mass is 19.4. The second kappa shape index (κ2) is 1.91. The first-order chi connectivity index (χ1) is 4.11. The quantitative estimate of drug-likeness (QED) is 0.464. The third kappa shape index (κ3) is 1.35. The molecule has 9 heavy (non-hydrogen) atoms. The summed E-state index contributed by atoms with van der Waals surface area (Å²) in [5.41, 5.74) is 0. The first kappa shape index (κ1) is 6.41. The van der Waals surface area contributed by atoms with Gasteiger partial charge in [-0.15, -0.1) is 0 Å². The van der Waals surface area contributed by atoms with Crippen LogP contribution in [0.5, 0.6) is 0 Å². The standard InChI is InChI=1S/C4H3F3NO/c5-4(6,7)8-2-1-3-9-8/h3H,2H2. The molecule has 0 aromatic heterocycles. The van der Waals surface area contributed by atoms with E-state index in [2.05, 4.69) is 10.9 Å². The lowest BCUT2D eigenvalue weighted by atomic mass is 10.6. The number of hydrogen-bond donors (Lipinski definition) is 0. The van der Waals surface area contributed by atoms with Crippen LogP contribution in [-0.2, 0) is 4.84 Å². The molecule has 1 aliphatic rings. The van der Waals surface area contributed by atoms with E-state index in [0.717, 1.165) is 6.26 Å². The molecule has 0 fully saturated rings. The molecular weight excluding hydrogens is 135 g/mol. The van der Waals surface area contributed by atoms with Crippen LogP contribution in [-0.4, -0.2) is 17.9 Å². The molecule has 1 rings (SSSR count). The normalized spacial score (nSPS) is 20.3. The van der Waals surface area contributed by atoms with Gasteiger partial charge in [-0.3, -0.25) is 0 Å². The van der Waals surface area contributed by atoms with Crippen LogP contribution in [0.25, 0.3) is 0 Å². The van der Waals surface area contributed by atoms with E-state index >= 15 is 0 Å². The zero-order chi connectivity index (χ0) is 6.91. The summed E-state index contributed by atoms with van der Waals surface area (Å²) in [5.74, 6) is 0. The molecule has 0 saturated carbocycles. The lowest BCUT2D eigenvalue weighted by Gasteiger charge is -2.15. The summed E-state index contributed by atoms with van der Waals surface area (Å²) in [4.78, 5) is 3.99. The Morgan fingerprint density at radius 1 is 1.56 bits per heavy atom. The van der Waals surface area contributed by atoms with Crippen LogP contribution in [0, 0.1) is 6.08 Å². The van der Waals surface area contributed by atoms with Gasteiger partial charge >= 0.3 is 6.30 Å². The molecule has 51 valence electrons. The number of halogens is 3. The highest BCUT2D eigenvalue weighted by Gasteiger charge is 2.39. The minimum atomic E-state index is -4.40. The van der Waals surface area contributed by atoms with Gasteiger partial charge in [-0.1, -0.05) is 0 Å². The Hall–Kier alpha value is -0.710. The van der Waals surface area contributed by atoms with Gasteiger partial charge in [0.15, 0.2) is 0 Å². The van der Waals surface area contributed by atoms with E-state index in [1.54, 1.807) is 0 Å². The molecule has 1 radical (unpaired) electrons. The van der Waals surface area contributed by atoms with Crippen molar-refractivity contribution in [1.29, 1.82) is 0 Å². The largest absolute Gasteiger partial charge is 0.492 e. The molecular formula is C4H3F3NO. The highest BCUT2D eigenvalue weighted by Crippen LogP contribution is 2.23. The van der Waals surface area contributed by atoms with Crippen molar-refractivity contribution in [3.63, 3.8) is 0 Å². The molecule has 1 aliphatic heterocycles. The summed E-state index contributed by atoms with van der Waals surface area (Å²) in [6, 6.07) is 0. The molecule has 0 unspecified atom stereocenters. The average Bonchev–Trinajstić information content (AvgIpc) is 2.08. The fraction of sp³-hybridized carbons (Fsp3) is 0.500. The van der Waals surface area contributed by atoms with E-state index in [1.165, 1.54) is 0 Å². The molecule has 0 spiro atoms. The van der Waals surface area contributed by atoms with Gasteiger partial charge in [-0.05, 0) is 5.06 Å². The lowest BCUT2D eigenvalue weighted by molar-refractivity contribution is -0.341. The fourth-order valence-electron chi connectivity index (χ4n) is 0.408. The highest BCUT2D eigenvalue weighted by molar-refractivity contribution is 4.73. The Kier molecular flexibility index (Phi) is 1.36. The van der Waals surface area contributed by atoms with E-state index in [1.807, 2.05) is 0 Å². The van der Waals surface area contributed by atoms with E-state index < -0.39 is 6.30 Å². The number of alkyl halides is 3. The first-order valence-electron chi connectivity index (χ1n) is 2.17. The maximum Gasteiger partial charge on any atom is 0.492 e. The second-order valence-electron chi connectivity index (χ2n) is 1.43. The maximum absolute atomic E-state index is 11.5. The van der Waals surface area contributed by atoms with Crippen molar-refractivity contribution >= 4 is 0 Å². The zero-order valence-electron chi connectivity index (χ0n) is 4.27. The van der Waals surface area contributed by atoms with Crippen LogP contribution in [0.1, 0.15) is 0 Å². The Labute approximate surface area is 49.5 Å². The third-order valence-corrected chi connectivity index (χ3v) is 0.781. The Bertz CT molecular complexity index is 122. The smallest absolute Gasteiger partial charge is 0.405 e. The van der Waals surface area contributed by atoms with Gasteiger partial charge < -0.3 is 4.84 Å². The molecule has 5 heteroatoms. The third-order valence-electron chi connectivity index (χ3n) is 0.781. The summed E-state index contributed by atoms with van der Waals surface area (Å²) < 4.78 is 34.5. The number of hydroxylamine groups is 2. The van der Waals surface area contributed by atoms with Crippen molar-refractivity contribution in [3.8, 4) is 0 Å². The van der Waals surface area contributed by atoms with E-state index in [-0.39, 0.29) is 11.6 Å². The topological polar surface area (TPSA) is 12.5 Å². The number of nitrogens with zero attached hydrogens (tertiary/aromatic N) is 1. The average molecular weight is 138 g/mol. The summed E-state index contributed by atoms with van der Waals surface area (Å²) in [7, 11) is 0. The summed E-state index contributed by atoms with van der Waals surface area (Å²) in [5, 5.41) is -0.118. The van der Waals surface area contributed by atoms with Gasteiger partial charge in [0.05, 0.1) is 6.54 Å². The van der Waals surface area contributed by atoms with Crippen molar-refractivity contribution in [2.45, 2.75) is 6.30 Å². The Balaban J connectivity index is 2.46. The van der Waals surface area contributed by atoms with Crippen molar-refractivity contribution < 1.29 is 18.0 Å². The Morgan fingerprint density at radius 2 is 2.22 bits per heavy atom. The second-order valence-corrected chi connectivity index (χ2v) is 1.43. The van der Waals surface area contributed by atoms with Crippen LogP contribution in [0.2, 0.25) is 0 Å². The minimum Gasteiger partial charge on any atom is -0.405 e. The molecule has 0 atom stereocenters. The van der Waals surface area contributed by atoms with Gasteiger partial charge in [0, 0.05) is 6.08 Å². The van der Waals surface area contributed by atoms with Gasteiger partial charge in [-0.2, -0.15) is 13.2 Å². The molecule has 0 aliphatic carbocycles. The van der Waals surface area contributed by atoms with Crippen LogP contribution < -0.4 is 0 Å². The van der Waals surface area contributed by atoms with Crippen molar-refractivity contribution in [1.82, 2.24) is 5.06 Å². The van der Waals surface area contributed by atoms with Crippen LogP contribution in [0.3, 0.4) is 0 Å². The van der Waals surface area contributed by atoms with Crippen molar-refractivity contribution in [2.24, 2.45) is 0 Å². The first-order valence-corrected chi connectivity index (χ1v) is 2.17. The van der Waals surface area contributed by atoms with E-state index in [4.69, 9.17) is 0 Å². The van der Waals surface area contributed by atoms with E-state index in [0.29, 0.717) is 0 Å². The van der Waals surface area contributed by atoms with Gasteiger partial charge in [0.2, 0.25) is 0 Å². The van der Waals surface area contributed by atoms with Crippen LogP contribution in [0.4, 0.5) is 13.2 Å². The monoisotopic (exact) mass is 138 g/mol. The van der Waals surface area contributed by atoms with Crippen LogP contribution >= 0.6 is 0 Å². The SMILES string of the molecule is FC(F)(F)N1C[C]=CO1. The minimum absolute atomic E-state index is 0.118. The lowest BCUT2D eigenvalue weighted by Crippen LogP contribution is -2.34. The molecule has 0 saturated heterocycles. The molecule has 0 amide bonds. The summed E-state index contributed by atoms with van der Waals surface area (Å²) >= 11 is 0. The molecule has 0 N–H and O–H groups in total. The van der Waals surface area contributed by atoms with E-state index in [9.17, 15) is 13.2 Å². The number of hydrogen-bond acceptors (Lipinski definition) is 2. The summed E-state index contributed by atoms with van der Waals surface area (Å²) in [6.45, 7) is -0.344. The van der Waals surface area contributed by atoms with Crippen molar-refractivity contribution in [3.05, 3.63) is 12.3 Å². The van der Waals surface area contributed by atoms with Gasteiger partial charge in [-0.25, -0.2) is 0 Å². The Morgan fingerprint density at radius 3 is 2.44 bits per heavy atom. The van der Waals surface area contributed by atoms with Crippen molar-refractivity contribution in [2.75, 3.05) is 6.54 Å². The van der Waals surface area contributed by atoms with Crippen LogP contribution in [0.15, 0.2) is 6.26 Å². The predicted molar refractivity (Wildman–Crippen MR) is 21.7 cm³/mol. The molecule has 2 nitrogen and oxygen atoms in total. The zero-order valence-corrected chi connectivity index (χ0v) is 4.27. The van der Waals surface area contributed by atoms with Gasteiger partial charge in [0.1, 0.15) is 6.26 Å². The molecule has 0 aromatic rings.